The highest BCUT2D eigenvalue weighted by Crippen LogP contribution is 2.19. The van der Waals surface area contributed by atoms with Crippen LogP contribution in [-0.2, 0) is 0 Å². The van der Waals surface area contributed by atoms with Crippen molar-refractivity contribution in [2.24, 2.45) is 0 Å². The second-order valence-corrected chi connectivity index (χ2v) is 3.44. The van der Waals surface area contributed by atoms with Crippen LogP contribution in [0, 0.1) is 0 Å². The van der Waals surface area contributed by atoms with Gasteiger partial charge in [-0.2, -0.15) is 5.10 Å². The van der Waals surface area contributed by atoms with Crippen molar-refractivity contribution in [1.82, 2.24) is 10.2 Å². The maximum absolute atomic E-state index is 11.9. The zero-order valence-electron chi connectivity index (χ0n) is 9.23. The van der Waals surface area contributed by atoms with E-state index in [1.807, 2.05) is 0 Å². The van der Waals surface area contributed by atoms with Gasteiger partial charge < -0.3 is 15.8 Å². The molecule has 0 spiro atoms. The van der Waals surface area contributed by atoms with E-state index in [-0.39, 0.29) is 5.91 Å². The molecule has 0 unspecified atom stereocenters. The molecule has 1 heterocycles. The van der Waals surface area contributed by atoms with Gasteiger partial charge in [0, 0.05) is 23.5 Å². The van der Waals surface area contributed by atoms with Crippen molar-refractivity contribution in [3.63, 3.8) is 0 Å². The molecule has 17 heavy (non-hydrogen) atoms. The number of methoxy groups -OCH3 is 1. The summed E-state index contributed by atoms with van der Waals surface area (Å²) in [6.07, 6.45) is 3.10. The predicted octanol–water partition coefficient (Wildman–Crippen LogP) is 1.25. The van der Waals surface area contributed by atoms with Crippen molar-refractivity contribution >= 4 is 17.3 Å². The second kappa shape index (κ2) is 4.56. The van der Waals surface area contributed by atoms with E-state index in [0.717, 1.165) is 0 Å². The van der Waals surface area contributed by atoms with Gasteiger partial charge in [0.2, 0.25) is 0 Å². The van der Waals surface area contributed by atoms with Crippen molar-refractivity contribution < 1.29 is 9.53 Å². The standard InChI is InChI=1S/C11H12N4O2/c1-17-10-3-7(2-8(12)4-10)11(16)15-9-5-13-14-6-9/h2-6H,12H2,1H3,(H,13,14)(H,15,16). The second-order valence-electron chi connectivity index (χ2n) is 3.44. The molecule has 0 saturated carbocycles. The number of aromatic nitrogens is 2. The third-order valence-electron chi connectivity index (χ3n) is 2.18. The summed E-state index contributed by atoms with van der Waals surface area (Å²) in [6.45, 7) is 0. The number of benzene rings is 1. The number of ether oxygens (including phenoxy) is 1. The van der Waals surface area contributed by atoms with E-state index < -0.39 is 0 Å². The number of nitrogens with zero attached hydrogens (tertiary/aromatic N) is 1. The molecule has 0 aliphatic rings. The van der Waals surface area contributed by atoms with Gasteiger partial charge in [0.1, 0.15) is 5.75 Å². The number of aromatic amines is 1. The van der Waals surface area contributed by atoms with E-state index in [2.05, 4.69) is 15.5 Å². The summed E-state index contributed by atoms with van der Waals surface area (Å²) < 4.78 is 5.04. The van der Waals surface area contributed by atoms with Crippen molar-refractivity contribution in [3.8, 4) is 5.75 Å². The first-order valence-electron chi connectivity index (χ1n) is 4.94. The van der Waals surface area contributed by atoms with E-state index in [1.54, 1.807) is 24.4 Å². The number of carbonyl (C=O) groups excluding carboxylic acids is 1. The topological polar surface area (TPSA) is 93.0 Å². The van der Waals surface area contributed by atoms with Crippen molar-refractivity contribution in [1.29, 1.82) is 0 Å². The fourth-order valence-corrected chi connectivity index (χ4v) is 1.39. The monoisotopic (exact) mass is 232 g/mol. The predicted molar refractivity (Wildman–Crippen MR) is 63.9 cm³/mol. The molecular formula is C11H12N4O2. The highest BCUT2D eigenvalue weighted by atomic mass is 16.5. The van der Waals surface area contributed by atoms with Gasteiger partial charge in [-0.25, -0.2) is 0 Å². The Balaban J connectivity index is 2.21. The van der Waals surface area contributed by atoms with Crippen LogP contribution in [0.25, 0.3) is 0 Å². The molecule has 0 radical (unpaired) electrons. The lowest BCUT2D eigenvalue weighted by atomic mass is 10.1. The zero-order valence-corrected chi connectivity index (χ0v) is 9.23. The molecule has 6 nitrogen and oxygen atoms in total. The number of anilines is 2. The molecule has 0 fully saturated rings. The first-order chi connectivity index (χ1) is 8.19. The number of H-pyrrole nitrogens is 1. The van der Waals surface area contributed by atoms with Gasteiger partial charge >= 0.3 is 0 Å². The Bertz CT molecular complexity index is 522. The van der Waals surface area contributed by atoms with Crippen LogP contribution >= 0.6 is 0 Å². The Kier molecular flexibility index (Phi) is 2.95. The van der Waals surface area contributed by atoms with Gasteiger partial charge in [-0.05, 0) is 12.1 Å². The number of nitrogen functional groups attached to an aromatic ring is 1. The minimum absolute atomic E-state index is 0.267. The Morgan fingerprint density at radius 1 is 1.47 bits per heavy atom. The van der Waals surface area contributed by atoms with Crippen LogP contribution in [0.5, 0.6) is 5.75 Å². The third-order valence-corrected chi connectivity index (χ3v) is 2.18. The minimum atomic E-state index is -0.267. The van der Waals surface area contributed by atoms with Gasteiger partial charge in [0.25, 0.3) is 5.91 Å². The number of hydrogen-bond donors (Lipinski definition) is 3. The molecule has 6 heteroatoms. The molecule has 0 aliphatic heterocycles. The molecule has 0 bridgehead atoms. The minimum Gasteiger partial charge on any atom is -0.497 e. The van der Waals surface area contributed by atoms with Gasteiger partial charge in [-0.15, -0.1) is 0 Å². The molecule has 0 atom stereocenters. The van der Waals surface area contributed by atoms with Gasteiger partial charge in [-0.1, -0.05) is 0 Å². The quantitative estimate of drug-likeness (QED) is 0.694. The number of nitrogens with two attached hydrogens (primary N) is 1. The van der Waals surface area contributed by atoms with E-state index >= 15 is 0 Å². The van der Waals surface area contributed by atoms with Crippen molar-refractivity contribution in [3.05, 3.63) is 36.2 Å². The van der Waals surface area contributed by atoms with Crippen LogP contribution in [-0.4, -0.2) is 23.2 Å². The molecule has 0 saturated heterocycles. The lowest BCUT2D eigenvalue weighted by Crippen LogP contribution is -2.11. The summed E-state index contributed by atoms with van der Waals surface area (Å²) in [5.74, 6) is 0.277. The lowest BCUT2D eigenvalue weighted by Gasteiger charge is -2.06. The number of nitrogens with one attached hydrogen (secondary N) is 2. The van der Waals surface area contributed by atoms with E-state index in [9.17, 15) is 4.79 Å². The average Bonchev–Trinajstić information content (AvgIpc) is 2.81. The molecule has 2 rings (SSSR count). The Hall–Kier alpha value is -2.50. The van der Waals surface area contributed by atoms with Crippen LogP contribution in [0.4, 0.5) is 11.4 Å². The summed E-state index contributed by atoms with van der Waals surface area (Å²) in [4.78, 5) is 11.9. The molecule has 1 amide bonds. The number of rotatable bonds is 3. The maximum atomic E-state index is 11.9. The fraction of sp³-hybridized carbons (Fsp3) is 0.0909. The summed E-state index contributed by atoms with van der Waals surface area (Å²) in [6, 6.07) is 4.85. The Morgan fingerprint density at radius 3 is 2.94 bits per heavy atom. The van der Waals surface area contributed by atoms with E-state index in [1.165, 1.54) is 13.3 Å². The molecule has 4 N–H and O–H groups in total. The summed E-state index contributed by atoms with van der Waals surface area (Å²) >= 11 is 0. The van der Waals surface area contributed by atoms with E-state index in [0.29, 0.717) is 22.7 Å². The van der Waals surface area contributed by atoms with Crippen LogP contribution in [0.3, 0.4) is 0 Å². The third kappa shape index (κ3) is 2.54. The molecule has 1 aromatic heterocycles. The lowest BCUT2D eigenvalue weighted by molar-refractivity contribution is 0.102. The molecule has 88 valence electrons. The highest BCUT2D eigenvalue weighted by Gasteiger charge is 2.09. The SMILES string of the molecule is COc1cc(N)cc(C(=O)Nc2cn[nH]c2)c1. The normalized spacial score (nSPS) is 9.94. The average molecular weight is 232 g/mol. The van der Waals surface area contributed by atoms with Gasteiger partial charge in [0.05, 0.1) is 19.0 Å². The van der Waals surface area contributed by atoms with Crippen molar-refractivity contribution in [2.75, 3.05) is 18.2 Å². The Labute approximate surface area is 97.8 Å². The van der Waals surface area contributed by atoms with Gasteiger partial charge in [0.15, 0.2) is 0 Å². The first kappa shape index (κ1) is 11.0. The smallest absolute Gasteiger partial charge is 0.255 e. The number of amides is 1. The van der Waals surface area contributed by atoms with Crippen LogP contribution < -0.4 is 15.8 Å². The largest absolute Gasteiger partial charge is 0.497 e. The Morgan fingerprint density at radius 2 is 2.29 bits per heavy atom. The van der Waals surface area contributed by atoms with Crippen LogP contribution in [0.2, 0.25) is 0 Å². The van der Waals surface area contributed by atoms with Gasteiger partial charge in [-0.3, -0.25) is 9.89 Å². The summed E-state index contributed by atoms with van der Waals surface area (Å²) in [5.41, 5.74) is 7.17. The van der Waals surface area contributed by atoms with Crippen molar-refractivity contribution in [2.45, 2.75) is 0 Å². The summed E-state index contributed by atoms with van der Waals surface area (Å²) in [5, 5.41) is 9.01. The first-order valence-corrected chi connectivity index (χ1v) is 4.94. The van der Waals surface area contributed by atoms with E-state index in [4.69, 9.17) is 10.5 Å². The van der Waals surface area contributed by atoms with Crippen LogP contribution in [0.15, 0.2) is 30.6 Å². The molecule has 0 aliphatic carbocycles. The molecular weight excluding hydrogens is 220 g/mol. The molecule has 1 aromatic carbocycles. The maximum Gasteiger partial charge on any atom is 0.255 e. The number of hydrogen-bond acceptors (Lipinski definition) is 4. The van der Waals surface area contributed by atoms with Crippen LogP contribution in [0.1, 0.15) is 10.4 Å². The zero-order chi connectivity index (χ0) is 12.3. The summed E-state index contributed by atoms with van der Waals surface area (Å²) in [7, 11) is 1.52. The molecule has 2 aromatic rings. The number of carbonyl (C=O) groups is 1. The fourth-order valence-electron chi connectivity index (χ4n) is 1.39. The highest BCUT2D eigenvalue weighted by molar-refractivity contribution is 6.04.